The van der Waals surface area contributed by atoms with E-state index in [2.05, 4.69) is 31.5 Å². The Labute approximate surface area is 116 Å². The second-order valence-electron chi connectivity index (χ2n) is 3.49. The monoisotopic (exact) mass is 330 g/mol. The molecule has 0 fully saturated rings. The normalized spacial score (nSPS) is 10.6. The highest BCUT2D eigenvalue weighted by Crippen LogP contribution is 2.28. The van der Waals surface area contributed by atoms with Crippen LogP contribution in [-0.4, -0.2) is 31.3 Å². The van der Waals surface area contributed by atoms with Crippen LogP contribution in [0.2, 0.25) is 5.02 Å². The van der Waals surface area contributed by atoms with Crippen LogP contribution in [0.5, 0.6) is 0 Å². The summed E-state index contributed by atoms with van der Waals surface area (Å²) in [7, 11) is 0. The molecule has 0 unspecified atom stereocenters. The van der Waals surface area contributed by atoms with Gasteiger partial charge >= 0.3 is 5.97 Å². The van der Waals surface area contributed by atoms with Crippen molar-refractivity contribution in [3.8, 4) is 11.4 Å². The van der Waals surface area contributed by atoms with Crippen molar-refractivity contribution in [3.63, 3.8) is 0 Å². The summed E-state index contributed by atoms with van der Waals surface area (Å²) in [4.78, 5) is 10.5. The van der Waals surface area contributed by atoms with E-state index in [1.807, 2.05) is 0 Å². The molecular formula is C10H8BrClN4O2. The molecule has 0 aliphatic heterocycles. The fourth-order valence-electron chi connectivity index (χ4n) is 1.42. The minimum Gasteiger partial charge on any atom is -0.481 e. The number of carboxylic acid groups (broad SMARTS) is 1. The van der Waals surface area contributed by atoms with E-state index < -0.39 is 5.97 Å². The van der Waals surface area contributed by atoms with Crippen LogP contribution >= 0.6 is 27.5 Å². The predicted molar refractivity (Wildman–Crippen MR) is 68.2 cm³/mol. The van der Waals surface area contributed by atoms with Gasteiger partial charge in [-0.05, 0) is 44.6 Å². The van der Waals surface area contributed by atoms with E-state index in [0.717, 1.165) is 10.0 Å². The molecule has 0 spiro atoms. The zero-order valence-corrected chi connectivity index (χ0v) is 11.4. The van der Waals surface area contributed by atoms with Crippen molar-refractivity contribution in [2.45, 2.75) is 13.0 Å². The summed E-state index contributed by atoms with van der Waals surface area (Å²) < 4.78 is 2.20. The molecule has 0 amide bonds. The van der Waals surface area contributed by atoms with Crippen molar-refractivity contribution in [2.24, 2.45) is 0 Å². The van der Waals surface area contributed by atoms with Crippen LogP contribution in [-0.2, 0) is 11.3 Å². The molecular weight excluding hydrogens is 323 g/mol. The second-order valence-corrected chi connectivity index (χ2v) is 4.78. The SMILES string of the molecule is O=C(O)CCn1nnnc1-c1ccc(Cl)cc1Br. The van der Waals surface area contributed by atoms with Crippen LogP contribution in [0.15, 0.2) is 22.7 Å². The lowest BCUT2D eigenvalue weighted by Crippen LogP contribution is -2.07. The molecule has 1 aromatic carbocycles. The third-order valence-corrected chi connectivity index (χ3v) is 3.13. The molecule has 0 saturated carbocycles. The number of tetrazole rings is 1. The van der Waals surface area contributed by atoms with Gasteiger partial charge in [-0.2, -0.15) is 0 Å². The lowest BCUT2D eigenvalue weighted by atomic mass is 10.2. The van der Waals surface area contributed by atoms with Gasteiger partial charge in [0.1, 0.15) is 0 Å². The molecule has 1 heterocycles. The molecule has 0 radical (unpaired) electrons. The van der Waals surface area contributed by atoms with Gasteiger partial charge < -0.3 is 5.11 Å². The molecule has 1 N–H and O–H groups in total. The third-order valence-electron chi connectivity index (χ3n) is 2.24. The summed E-state index contributed by atoms with van der Waals surface area (Å²) in [6, 6.07) is 5.22. The molecule has 2 aromatic rings. The number of aryl methyl sites for hydroxylation is 1. The highest BCUT2D eigenvalue weighted by Gasteiger charge is 2.13. The van der Waals surface area contributed by atoms with Gasteiger partial charge in [0.05, 0.1) is 13.0 Å². The van der Waals surface area contributed by atoms with E-state index in [-0.39, 0.29) is 13.0 Å². The van der Waals surface area contributed by atoms with E-state index in [4.69, 9.17) is 16.7 Å². The van der Waals surface area contributed by atoms with Gasteiger partial charge in [-0.25, -0.2) is 4.68 Å². The van der Waals surface area contributed by atoms with Gasteiger partial charge in [0.25, 0.3) is 0 Å². The number of carboxylic acids is 1. The van der Waals surface area contributed by atoms with Gasteiger partial charge in [-0.1, -0.05) is 11.6 Å². The van der Waals surface area contributed by atoms with E-state index in [1.54, 1.807) is 18.2 Å². The van der Waals surface area contributed by atoms with Crippen molar-refractivity contribution >= 4 is 33.5 Å². The van der Waals surface area contributed by atoms with Crippen molar-refractivity contribution in [1.29, 1.82) is 0 Å². The number of aromatic nitrogens is 4. The molecule has 2 rings (SSSR count). The summed E-state index contributed by atoms with van der Waals surface area (Å²) in [6.45, 7) is 0.215. The topological polar surface area (TPSA) is 80.9 Å². The smallest absolute Gasteiger partial charge is 0.305 e. The summed E-state index contributed by atoms with van der Waals surface area (Å²) in [5.74, 6) is -0.397. The molecule has 1 aromatic heterocycles. The van der Waals surface area contributed by atoms with E-state index in [0.29, 0.717) is 10.8 Å². The third kappa shape index (κ3) is 2.85. The first-order chi connectivity index (χ1) is 8.58. The number of carbonyl (C=O) groups is 1. The van der Waals surface area contributed by atoms with Gasteiger partial charge in [-0.15, -0.1) is 5.10 Å². The fraction of sp³-hybridized carbons (Fsp3) is 0.200. The molecule has 6 nitrogen and oxygen atoms in total. The van der Waals surface area contributed by atoms with Gasteiger partial charge in [-0.3, -0.25) is 4.79 Å². The minimum absolute atomic E-state index is 0.0384. The van der Waals surface area contributed by atoms with Crippen molar-refractivity contribution in [2.75, 3.05) is 0 Å². The molecule has 0 saturated heterocycles. The maximum absolute atomic E-state index is 10.5. The number of hydrogen-bond acceptors (Lipinski definition) is 4. The Kier molecular flexibility index (Phi) is 3.93. The maximum atomic E-state index is 10.5. The molecule has 0 aliphatic rings. The standard InChI is InChI=1S/C10H8BrClN4O2/c11-8-5-6(12)1-2-7(8)10-13-14-15-16(10)4-3-9(17)18/h1-2,5H,3-4H2,(H,17,18). The van der Waals surface area contributed by atoms with Crippen LogP contribution < -0.4 is 0 Å². The quantitative estimate of drug-likeness (QED) is 0.929. The lowest BCUT2D eigenvalue weighted by Gasteiger charge is -2.05. The number of benzene rings is 1. The molecule has 94 valence electrons. The Morgan fingerprint density at radius 3 is 2.94 bits per heavy atom. The number of rotatable bonds is 4. The summed E-state index contributed by atoms with van der Waals surface area (Å²) in [6.07, 6.45) is -0.0384. The number of aliphatic carboxylic acids is 1. The second kappa shape index (κ2) is 5.45. The van der Waals surface area contributed by atoms with E-state index in [1.165, 1.54) is 4.68 Å². The molecule has 0 atom stereocenters. The zero-order valence-electron chi connectivity index (χ0n) is 9.05. The summed E-state index contributed by atoms with van der Waals surface area (Å²) in [5, 5.41) is 20.5. The van der Waals surface area contributed by atoms with Crippen LogP contribution in [0.3, 0.4) is 0 Å². The molecule has 8 heteroatoms. The Morgan fingerprint density at radius 1 is 1.50 bits per heavy atom. The van der Waals surface area contributed by atoms with Crippen molar-refractivity contribution in [1.82, 2.24) is 20.2 Å². The Bertz CT molecular complexity index is 587. The lowest BCUT2D eigenvalue weighted by molar-refractivity contribution is -0.137. The molecule has 18 heavy (non-hydrogen) atoms. The maximum Gasteiger partial charge on any atom is 0.305 e. The molecule has 0 aliphatic carbocycles. The first-order valence-electron chi connectivity index (χ1n) is 5.01. The Morgan fingerprint density at radius 2 is 2.28 bits per heavy atom. The number of nitrogens with zero attached hydrogens (tertiary/aromatic N) is 4. The van der Waals surface area contributed by atoms with Gasteiger partial charge in [0.15, 0.2) is 5.82 Å². The van der Waals surface area contributed by atoms with Crippen LogP contribution in [0.25, 0.3) is 11.4 Å². The Balaban J connectivity index is 2.33. The number of halogens is 2. The summed E-state index contributed by atoms with van der Waals surface area (Å²) >= 11 is 9.23. The van der Waals surface area contributed by atoms with Crippen molar-refractivity contribution < 1.29 is 9.90 Å². The summed E-state index contributed by atoms with van der Waals surface area (Å²) in [5.41, 5.74) is 0.759. The highest BCUT2D eigenvalue weighted by molar-refractivity contribution is 9.10. The van der Waals surface area contributed by atoms with Crippen LogP contribution in [0.4, 0.5) is 0 Å². The first kappa shape index (κ1) is 13.0. The largest absolute Gasteiger partial charge is 0.481 e. The van der Waals surface area contributed by atoms with Crippen LogP contribution in [0.1, 0.15) is 6.42 Å². The van der Waals surface area contributed by atoms with Crippen LogP contribution in [0, 0.1) is 0 Å². The first-order valence-corrected chi connectivity index (χ1v) is 6.18. The van der Waals surface area contributed by atoms with Gasteiger partial charge in [0, 0.05) is 15.1 Å². The predicted octanol–water partition coefficient (Wildman–Crippen LogP) is 2.23. The fourth-order valence-corrected chi connectivity index (χ4v) is 2.28. The number of hydrogen-bond donors (Lipinski definition) is 1. The average Bonchev–Trinajstić information content (AvgIpc) is 2.74. The highest BCUT2D eigenvalue weighted by atomic mass is 79.9. The van der Waals surface area contributed by atoms with E-state index >= 15 is 0 Å². The van der Waals surface area contributed by atoms with Crippen molar-refractivity contribution in [3.05, 3.63) is 27.7 Å². The average molecular weight is 332 g/mol. The minimum atomic E-state index is -0.897. The Hall–Kier alpha value is -1.47. The van der Waals surface area contributed by atoms with Gasteiger partial charge in [0.2, 0.25) is 0 Å². The van der Waals surface area contributed by atoms with E-state index in [9.17, 15) is 4.79 Å². The molecule has 0 bridgehead atoms. The zero-order chi connectivity index (χ0) is 13.1.